The Balaban J connectivity index is 2.44. The zero-order valence-electron chi connectivity index (χ0n) is 10.2. The largest absolute Gasteiger partial charge is 0.399 e. The molecule has 0 atom stereocenters. The van der Waals surface area contributed by atoms with Crippen LogP contribution in [-0.2, 0) is 10.0 Å². The van der Waals surface area contributed by atoms with Crippen molar-refractivity contribution >= 4 is 37.3 Å². The van der Waals surface area contributed by atoms with Crippen LogP contribution in [0.25, 0.3) is 0 Å². The van der Waals surface area contributed by atoms with Crippen LogP contribution in [-0.4, -0.2) is 8.42 Å². The SMILES string of the molecule is Cc1ccccc1NS(=O)(=O)c1cc(N)ccc1Br. The third-order valence-electron chi connectivity index (χ3n) is 2.63. The van der Waals surface area contributed by atoms with Gasteiger partial charge in [0.05, 0.1) is 5.69 Å². The van der Waals surface area contributed by atoms with Crippen molar-refractivity contribution in [2.45, 2.75) is 11.8 Å². The summed E-state index contributed by atoms with van der Waals surface area (Å²) in [4.78, 5) is 0.121. The minimum absolute atomic E-state index is 0.121. The average molecular weight is 341 g/mol. The van der Waals surface area contributed by atoms with E-state index in [0.29, 0.717) is 15.8 Å². The molecule has 0 heterocycles. The van der Waals surface area contributed by atoms with Gasteiger partial charge in [-0.25, -0.2) is 8.42 Å². The maximum absolute atomic E-state index is 12.3. The van der Waals surface area contributed by atoms with Crippen molar-refractivity contribution in [2.75, 3.05) is 10.5 Å². The van der Waals surface area contributed by atoms with Crippen molar-refractivity contribution in [1.29, 1.82) is 0 Å². The fourth-order valence-corrected chi connectivity index (χ4v) is 3.74. The van der Waals surface area contributed by atoms with E-state index in [9.17, 15) is 8.42 Å². The van der Waals surface area contributed by atoms with Gasteiger partial charge in [-0.05, 0) is 52.7 Å². The van der Waals surface area contributed by atoms with Crippen molar-refractivity contribution in [3.63, 3.8) is 0 Å². The standard InChI is InChI=1S/C13H13BrN2O2S/c1-9-4-2-3-5-12(9)16-19(17,18)13-8-10(15)6-7-11(13)14/h2-8,16H,15H2,1H3. The highest BCUT2D eigenvalue weighted by molar-refractivity contribution is 9.10. The number of halogens is 1. The molecule has 0 fully saturated rings. The van der Waals surface area contributed by atoms with Gasteiger partial charge in [-0.1, -0.05) is 18.2 Å². The molecule has 19 heavy (non-hydrogen) atoms. The molecule has 0 aliphatic carbocycles. The smallest absolute Gasteiger partial charge is 0.263 e. The van der Waals surface area contributed by atoms with Crippen LogP contribution in [0.2, 0.25) is 0 Å². The lowest BCUT2D eigenvalue weighted by Crippen LogP contribution is -2.14. The van der Waals surface area contributed by atoms with E-state index in [0.717, 1.165) is 5.56 Å². The van der Waals surface area contributed by atoms with Crippen molar-refractivity contribution in [2.24, 2.45) is 0 Å². The van der Waals surface area contributed by atoms with Gasteiger partial charge in [-0.3, -0.25) is 4.72 Å². The average Bonchev–Trinajstić information content (AvgIpc) is 2.35. The first-order valence-electron chi connectivity index (χ1n) is 5.53. The van der Waals surface area contributed by atoms with Gasteiger partial charge in [-0.15, -0.1) is 0 Å². The Morgan fingerprint density at radius 2 is 1.84 bits per heavy atom. The number of hydrogen-bond donors (Lipinski definition) is 2. The highest BCUT2D eigenvalue weighted by Gasteiger charge is 2.18. The fourth-order valence-electron chi connectivity index (χ4n) is 1.61. The molecule has 0 aliphatic heterocycles. The van der Waals surface area contributed by atoms with Crippen molar-refractivity contribution in [3.8, 4) is 0 Å². The third-order valence-corrected chi connectivity index (χ3v) is 4.99. The normalized spacial score (nSPS) is 11.3. The molecular weight excluding hydrogens is 328 g/mol. The van der Waals surface area contributed by atoms with E-state index in [-0.39, 0.29) is 4.90 Å². The molecule has 2 aromatic carbocycles. The van der Waals surface area contributed by atoms with Crippen LogP contribution in [0, 0.1) is 6.92 Å². The highest BCUT2D eigenvalue weighted by Crippen LogP contribution is 2.27. The monoisotopic (exact) mass is 340 g/mol. The molecule has 2 rings (SSSR count). The van der Waals surface area contributed by atoms with E-state index < -0.39 is 10.0 Å². The Hall–Kier alpha value is -1.53. The predicted octanol–water partition coefficient (Wildman–Crippen LogP) is 3.14. The van der Waals surface area contributed by atoms with Crippen LogP contribution in [0.5, 0.6) is 0 Å². The second-order valence-corrected chi connectivity index (χ2v) is 6.62. The van der Waals surface area contributed by atoms with Crippen LogP contribution >= 0.6 is 15.9 Å². The molecule has 0 aromatic heterocycles. The number of nitrogens with one attached hydrogen (secondary N) is 1. The van der Waals surface area contributed by atoms with E-state index >= 15 is 0 Å². The summed E-state index contributed by atoms with van der Waals surface area (Å²) in [5.41, 5.74) is 7.44. The Bertz CT molecular complexity index is 714. The summed E-state index contributed by atoms with van der Waals surface area (Å²) in [6.45, 7) is 1.84. The molecule has 0 aliphatic rings. The Morgan fingerprint density at radius 3 is 2.53 bits per heavy atom. The number of para-hydroxylation sites is 1. The quantitative estimate of drug-likeness (QED) is 0.843. The molecule has 4 nitrogen and oxygen atoms in total. The van der Waals surface area contributed by atoms with Crippen LogP contribution in [0.3, 0.4) is 0 Å². The number of benzene rings is 2. The van der Waals surface area contributed by atoms with Crippen LogP contribution in [0.15, 0.2) is 51.8 Å². The molecule has 0 unspecified atom stereocenters. The molecule has 0 bridgehead atoms. The molecule has 6 heteroatoms. The molecular formula is C13H13BrN2O2S. The number of aryl methyl sites for hydroxylation is 1. The molecule has 0 radical (unpaired) electrons. The molecule has 0 amide bonds. The summed E-state index contributed by atoms with van der Waals surface area (Å²) in [6.07, 6.45) is 0. The Labute approximate surface area is 120 Å². The number of anilines is 2. The highest BCUT2D eigenvalue weighted by atomic mass is 79.9. The first-order valence-corrected chi connectivity index (χ1v) is 7.81. The lowest BCUT2D eigenvalue weighted by molar-refractivity contribution is 0.600. The summed E-state index contributed by atoms with van der Waals surface area (Å²) < 4.78 is 27.7. The fraction of sp³-hybridized carbons (Fsp3) is 0.0769. The summed E-state index contributed by atoms with van der Waals surface area (Å²) in [6, 6.07) is 11.9. The number of rotatable bonds is 3. The van der Waals surface area contributed by atoms with Crippen LogP contribution in [0.4, 0.5) is 11.4 Å². The summed E-state index contributed by atoms with van der Waals surface area (Å²) >= 11 is 3.22. The minimum Gasteiger partial charge on any atom is -0.399 e. The van der Waals surface area contributed by atoms with Gasteiger partial charge in [0.1, 0.15) is 4.90 Å². The van der Waals surface area contributed by atoms with E-state index in [2.05, 4.69) is 20.7 Å². The van der Waals surface area contributed by atoms with E-state index in [1.807, 2.05) is 19.1 Å². The van der Waals surface area contributed by atoms with Gasteiger partial charge in [0.2, 0.25) is 0 Å². The second-order valence-electron chi connectivity index (χ2n) is 4.11. The van der Waals surface area contributed by atoms with Gasteiger partial charge < -0.3 is 5.73 Å². The maximum atomic E-state index is 12.3. The van der Waals surface area contributed by atoms with Crippen LogP contribution in [0.1, 0.15) is 5.56 Å². The lowest BCUT2D eigenvalue weighted by Gasteiger charge is -2.12. The third kappa shape index (κ3) is 3.08. The summed E-state index contributed by atoms with van der Waals surface area (Å²) in [5.74, 6) is 0. The van der Waals surface area contributed by atoms with Gasteiger partial charge >= 0.3 is 0 Å². The number of sulfonamides is 1. The topological polar surface area (TPSA) is 72.2 Å². The number of nitrogen functional groups attached to an aromatic ring is 1. The molecule has 0 saturated heterocycles. The second kappa shape index (κ2) is 5.22. The molecule has 3 N–H and O–H groups in total. The number of nitrogens with two attached hydrogens (primary N) is 1. The maximum Gasteiger partial charge on any atom is 0.263 e. The van der Waals surface area contributed by atoms with Crippen LogP contribution < -0.4 is 10.5 Å². The van der Waals surface area contributed by atoms with Gasteiger partial charge in [-0.2, -0.15) is 0 Å². The lowest BCUT2D eigenvalue weighted by atomic mass is 10.2. The van der Waals surface area contributed by atoms with E-state index in [1.165, 1.54) is 6.07 Å². The summed E-state index contributed by atoms with van der Waals surface area (Å²) in [5, 5.41) is 0. The summed E-state index contributed by atoms with van der Waals surface area (Å²) in [7, 11) is -3.67. The van der Waals surface area contributed by atoms with E-state index in [1.54, 1.807) is 24.3 Å². The predicted molar refractivity (Wildman–Crippen MR) is 80.5 cm³/mol. The number of hydrogen-bond acceptors (Lipinski definition) is 3. The van der Waals surface area contributed by atoms with E-state index in [4.69, 9.17) is 5.73 Å². The zero-order valence-corrected chi connectivity index (χ0v) is 12.6. The Kier molecular flexibility index (Phi) is 3.82. The van der Waals surface area contributed by atoms with Gasteiger partial charge in [0.15, 0.2) is 0 Å². The molecule has 0 spiro atoms. The first-order chi connectivity index (χ1) is 8.90. The van der Waals surface area contributed by atoms with Crippen molar-refractivity contribution in [3.05, 3.63) is 52.5 Å². The molecule has 0 saturated carbocycles. The van der Waals surface area contributed by atoms with Crippen molar-refractivity contribution in [1.82, 2.24) is 0 Å². The van der Waals surface area contributed by atoms with Crippen molar-refractivity contribution < 1.29 is 8.42 Å². The Morgan fingerprint density at radius 1 is 1.16 bits per heavy atom. The van der Waals surface area contributed by atoms with Gasteiger partial charge in [0, 0.05) is 10.2 Å². The van der Waals surface area contributed by atoms with Gasteiger partial charge in [0.25, 0.3) is 10.0 Å². The molecule has 100 valence electrons. The first kappa shape index (κ1) is 13.9. The minimum atomic E-state index is -3.67. The molecule has 2 aromatic rings. The zero-order chi connectivity index (χ0) is 14.0.